The third kappa shape index (κ3) is 3.47. The molecule has 1 aliphatic rings. The second-order valence-corrected chi connectivity index (χ2v) is 6.60. The van der Waals surface area contributed by atoms with Gasteiger partial charge in [0.2, 0.25) is 0 Å². The molecule has 0 aromatic heterocycles. The first kappa shape index (κ1) is 17.8. The molecule has 1 atom stereocenters. The Balaban J connectivity index is 1.70. The van der Waals surface area contributed by atoms with Crippen LogP contribution in [0.5, 0.6) is 5.75 Å². The van der Waals surface area contributed by atoms with Crippen LogP contribution < -0.4 is 9.75 Å². The molecule has 0 bridgehead atoms. The van der Waals surface area contributed by atoms with E-state index in [2.05, 4.69) is 0 Å². The molecule has 0 fully saturated rings. The number of anilines is 1. The van der Waals surface area contributed by atoms with E-state index < -0.39 is 5.97 Å². The van der Waals surface area contributed by atoms with Crippen molar-refractivity contribution in [3.63, 3.8) is 0 Å². The minimum absolute atomic E-state index is 0.00217. The highest BCUT2D eigenvalue weighted by atomic mass is 16.5. The summed E-state index contributed by atoms with van der Waals surface area (Å²) in [6.45, 7) is 0. The number of hydrogen-bond donors (Lipinski definition) is 1. The molecule has 5 heteroatoms. The minimum atomic E-state index is -0.923. The van der Waals surface area contributed by atoms with Crippen LogP contribution in [0, 0.1) is 0 Å². The fourth-order valence-electron chi connectivity index (χ4n) is 3.39. The van der Waals surface area contributed by atoms with Crippen molar-refractivity contribution in [2.75, 3.05) is 12.1 Å². The molecule has 1 aliphatic heterocycles. The lowest BCUT2D eigenvalue weighted by molar-refractivity contribution is 0.0697. The van der Waals surface area contributed by atoms with Gasteiger partial charge in [0, 0.05) is 6.42 Å². The van der Waals surface area contributed by atoms with E-state index in [-0.39, 0.29) is 11.6 Å². The number of benzene rings is 3. The molecule has 0 spiro atoms. The van der Waals surface area contributed by atoms with Gasteiger partial charge in [-0.25, -0.2) is 4.79 Å². The molecule has 4 rings (SSSR count). The summed E-state index contributed by atoms with van der Waals surface area (Å²) in [5.74, 6) is -0.115. The Hall–Kier alpha value is -3.60. The number of carboxylic acids is 1. The van der Waals surface area contributed by atoms with Crippen molar-refractivity contribution in [2.45, 2.75) is 12.5 Å². The molecule has 5 nitrogen and oxygen atoms in total. The van der Waals surface area contributed by atoms with Crippen molar-refractivity contribution in [2.24, 2.45) is 5.10 Å². The van der Waals surface area contributed by atoms with Gasteiger partial charge in [-0.2, -0.15) is 5.10 Å². The van der Waals surface area contributed by atoms with Crippen LogP contribution in [0.3, 0.4) is 0 Å². The maximum absolute atomic E-state index is 11.2. The molecule has 0 aliphatic carbocycles. The van der Waals surface area contributed by atoms with Crippen LogP contribution in [0.4, 0.5) is 5.69 Å². The van der Waals surface area contributed by atoms with Gasteiger partial charge in [0.15, 0.2) is 0 Å². The number of rotatable bonds is 5. The fourth-order valence-corrected chi connectivity index (χ4v) is 3.39. The molecule has 0 radical (unpaired) electrons. The first-order chi connectivity index (χ1) is 13.7. The average molecular weight is 372 g/mol. The number of ether oxygens (including phenoxy) is 1. The van der Waals surface area contributed by atoms with E-state index in [9.17, 15) is 4.79 Å². The van der Waals surface area contributed by atoms with Crippen molar-refractivity contribution in [1.82, 2.24) is 0 Å². The van der Waals surface area contributed by atoms with Gasteiger partial charge in [-0.05, 0) is 59.7 Å². The topological polar surface area (TPSA) is 62.1 Å². The maximum atomic E-state index is 11.2. The smallest absolute Gasteiger partial charge is 0.335 e. The Bertz CT molecular complexity index is 996. The highest BCUT2D eigenvalue weighted by Crippen LogP contribution is 2.36. The van der Waals surface area contributed by atoms with Crippen LogP contribution in [-0.4, -0.2) is 23.9 Å². The van der Waals surface area contributed by atoms with Crippen LogP contribution in [0.2, 0.25) is 0 Å². The zero-order chi connectivity index (χ0) is 19.5. The number of hydrazone groups is 1. The second-order valence-electron chi connectivity index (χ2n) is 6.60. The molecular formula is C23H20N2O3. The van der Waals surface area contributed by atoms with Crippen molar-refractivity contribution in [3.05, 3.63) is 95.6 Å². The van der Waals surface area contributed by atoms with Gasteiger partial charge in [0.05, 0.1) is 30.1 Å². The SMILES string of the molecule is COc1ccc(C2=NN(c3ccccc3)C(c3ccc(C(=O)O)cc3)C2)cc1. The molecule has 1 unspecified atom stereocenters. The lowest BCUT2D eigenvalue weighted by atomic mass is 9.97. The van der Waals surface area contributed by atoms with Crippen LogP contribution in [0.1, 0.15) is 33.9 Å². The summed E-state index contributed by atoms with van der Waals surface area (Å²) >= 11 is 0. The second kappa shape index (κ2) is 7.56. The Morgan fingerprint density at radius 2 is 1.68 bits per heavy atom. The third-order valence-corrected chi connectivity index (χ3v) is 4.90. The normalized spacial score (nSPS) is 16.0. The lowest BCUT2D eigenvalue weighted by Gasteiger charge is -2.24. The van der Waals surface area contributed by atoms with Gasteiger partial charge in [0.25, 0.3) is 0 Å². The van der Waals surface area contributed by atoms with Crippen LogP contribution in [0.15, 0.2) is 84.0 Å². The van der Waals surface area contributed by atoms with Crippen molar-refractivity contribution < 1.29 is 14.6 Å². The zero-order valence-corrected chi connectivity index (χ0v) is 15.4. The van der Waals surface area contributed by atoms with Crippen molar-refractivity contribution in [1.29, 1.82) is 0 Å². The largest absolute Gasteiger partial charge is 0.497 e. The van der Waals surface area contributed by atoms with E-state index in [1.54, 1.807) is 19.2 Å². The van der Waals surface area contributed by atoms with E-state index in [0.29, 0.717) is 0 Å². The van der Waals surface area contributed by atoms with Crippen LogP contribution in [-0.2, 0) is 0 Å². The molecule has 28 heavy (non-hydrogen) atoms. The van der Waals surface area contributed by atoms with Gasteiger partial charge in [-0.1, -0.05) is 30.3 Å². The molecule has 0 saturated heterocycles. The predicted octanol–water partition coefficient (Wildman–Crippen LogP) is 4.75. The first-order valence-corrected chi connectivity index (χ1v) is 9.05. The third-order valence-electron chi connectivity index (χ3n) is 4.90. The van der Waals surface area contributed by atoms with E-state index in [1.165, 1.54) is 0 Å². The average Bonchev–Trinajstić information content (AvgIpc) is 3.20. The van der Waals surface area contributed by atoms with Gasteiger partial charge in [-0.3, -0.25) is 5.01 Å². The number of hydrogen-bond acceptors (Lipinski definition) is 4. The molecule has 0 amide bonds. The molecule has 0 saturated carbocycles. The summed E-state index contributed by atoms with van der Waals surface area (Å²) in [5, 5.41) is 16.1. The number of nitrogens with zero attached hydrogens (tertiary/aromatic N) is 2. The number of aromatic carboxylic acids is 1. The Morgan fingerprint density at radius 1 is 1.00 bits per heavy atom. The van der Waals surface area contributed by atoms with Crippen molar-refractivity contribution >= 4 is 17.4 Å². The van der Waals surface area contributed by atoms with E-state index in [0.717, 1.165) is 34.7 Å². The summed E-state index contributed by atoms with van der Waals surface area (Å²) in [6, 6.07) is 24.9. The minimum Gasteiger partial charge on any atom is -0.497 e. The molecule has 3 aromatic carbocycles. The summed E-state index contributed by atoms with van der Waals surface area (Å²) in [4.78, 5) is 11.2. The van der Waals surface area contributed by atoms with Gasteiger partial charge in [0.1, 0.15) is 5.75 Å². The molecular weight excluding hydrogens is 352 g/mol. The van der Waals surface area contributed by atoms with E-state index in [1.807, 2.05) is 71.7 Å². The van der Waals surface area contributed by atoms with Gasteiger partial charge in [-0.15, -0.1) is 0 Å². The number of methoxy groups -OCH3 is 1. The summed E-state index contributed by atoms with van der Waals surface area (Å²) < 4.78 is 5.24. The van der Waals surface area contributed by atoms with Crippen LogP contribution >= 0.6 is 0 Å². The Morgan fingerprint density at radius 3 is 2.29 bits per heavy atom. The zero-order valence-electron chi connectivity index (χ0n) is 15.4. The fraction of sp³-hybridized carbons (Fsp3) is 0.130. The predicted molar refractivity (Wildman–Crippen MR) is 109 cm³/mol. The van der Waals surface area contributed by atoms with Gasteiger partial charge >= 0.3 is 5.97 Å². The highest BCUT2D eigenvalue weighted by molar-refractivity contribution is 6.03. The summed E-state index contributed by atoms with van der Waals surface area (Å²) in [5.41, 5.74) is 4.34. The van der Waals surface area contributed by atoms with Crippen molar-refractivity contribution in [3.8, 4) is 5.75 Å². The Labute approximate surface area is 163 Å². The Kier molecular flexibility index (Phi) is 4.81. The maximum Gasteiger partial charge on any atom is 0.335 e. The first-order valence-electron chi connectivity index (χ1n) is 9.05. The molecule has 3 aromatic rings. The standard InChI is InChI=1S/C23H20N2O3/c1-28-20-13-11-16(12-14-20)21-15-22(17-7-9-18(10-8-17)23(26)27)25(24-21)19-5-3-2-4-6-19/h2-14,22H,15H2,1H3,(H,26,27). The lowest BCUT2D eigenvalue weighted by Crippen LogP contribution is -2.18. The van der Waals surface area contributed by atoms with Gasteiger partial charge < -0.3 is 9.84 Å². The summed E-state index contributed by atoms with van der Waals surface area (Å²) in [7, 11) is 1.65. The number of carbonyl (C=O) groups is 1. The number of carboxylic acid groups (broad SMARTS) is 1. The highest BCUT2D eigenvalue weighted by Gasteiger charge is 2.30. The van der Waals surface area contributed by atoms with E-state index >= 15 is 0 Å². The molecule has 140 valence electrons. The monoisotopic (exact) mass is 372 g/mol. The summed E-state index contributed by atoms with van der Waals surface area (Å²) in [6.07, 6.45) is 0.730. The number of para-hydroxylation sites is 1. The molecule has 1 N–H and O–H groups in total. The quantitative estimate of drug-likeness (QED) is 0.702. The van der Waals surface area contributed by atoms with E-state index in [4.69, 9.17) is 14.9 Å². The van der Waals surface area contributed by atoms with Crippen LogP contribution in [0.25, 0.3) is 0 Å². The molecule has 1 heterocycles.